The van der Waals surface area contributed by atoms with Gasteiger partial charge in [0.15, 0.2) is 0 Å². The fourth-order valence-electron chi connectivity index (χ4n) is 1.90. The summed E-state index contributed by atoms with van der Waals surface area (Å²) in [7, 11) is -3.64. The first-order valence-corrected chi connectivity index (χ1v) is 8.93. The zero-order valence-corrected chi connectivity index (χ0v) is 13.3. The Hall–Kier alpha value is -0.890. The highest BCUT2D eigenvalue weighted by molar-refractivity contribution is 7.56. The van der Waals surface area contributed by atoms with Crippen LogP contribution in [0, 0.1) is 5.92 Å². The van der Waals surface area contributed by atoms with Crippen LogP contribution in [0.25, 0.3) is 6.08 Å². The summed E-state index contributed by atoms with van der Waals surface area (Å²) in [6.45, 7) is 4.59. The molecule has 0 saturated carbocycles. The molecule has 0 aliphatic heterocycles. The maximum atomic E-state index is 11.9. The summed E-state index contributed by atoms with van der Waals surface area (Å²) >= 11 is 0. The average molecular weight is 296 g/mol. The van der Waals surface area contributed by atoms with E-state index in [1.165, 1.54) is 5.82 Å². The predicted molar refractivity (Wildman–Crippen MR) is 84.6 cm³/mol. The Labute approximate surface area is 122 Å². The molecule has 0 radical (unpaired) electrons. The van der Waals surface area contributed by atoms with Crippen molar-refractivity contribution in [2.24, 2.45) is 5.92 Å². The summed E-state index contributed by atoms with van der Waals surface area (Å²) in [6, 6.07) is 9.45. The van der Waals surface area contributed by atoms with Gasteiger partial charge >= 0.3 is 7.60 Å². The van der Waals surface area contributed by atoms with Crippen molar-refractivity contribution >= 4 is 13.7 Å². The molecule has 0 heterocycles. The highest BCUT2D eigenvalue weighted by Gasteiger charge is 2.17. The smallest absolute Gasteiger partial charge is 0.321 e. The Morgan fingerprint density at radius 1 is 1.30 bits per heavy atom. The molecule has 0 aliphatic rings. The average Bonchev–Trinajstić information content (AvgIpc) is 2.47. The van der Waals surface area contributed by atoms with E-state index in [1.54, 1.807) is 6.08 Å². The molecule has 0 aliphatic carbocycles. The third-order valence-corrected chi connectivity index (χ3v) is 4.34. The first-order valence-electron chi connectivity index (χ1n) is 7.28. The Morgan fingerprint density at radius 3 is 2.60 bits per heavy atom. The Kier molecular flexibility index (Phi) is 7.83. The minimum Gasteiger partial charge on any atom is -0.321 e. The van der Waals surface area contributed by atoms with Crippen LogP contribution in [0.15, 0.2) is 36.1 Å². The first kappa shape index (κ1) is 17.2. The summed E-state index contributed by atoms with van der Waals surface area (Å²) in [4.78, 5) is 9.79. The number of benzene rings is 1. The molecule has 20 heavy (non-hydrogen) atoms. The van der Waals surface area contributed by atoms with Crippen LogP contribution in [-0.2, 0) is 9.09 Å². The third-order valence-electron chi connectivity index (χ3n) is 3.29. The third kappa shape index (κ3) is 7.04. The molecule has 0 fully saturated rings. The monoisotopic (exact) mass is 296 g/mol. The van der Waals surface area contributed by atoms with Gasteiger partial charge in [0.05, 0.1) is 6.61 Å². The molecule has 0 bridgehead atoms. The van der Waals surface area contributed by atoms with Crippen LogP contribution in [0.3, 0.4) is 0 Å². The molecule has 0 saturated heterocycles. The maximum Gasteiger partial charge on any atom is 0.351 e. The fourth-order valence-corrected chi connectivity index (χ4v) is 2.77. The van der Waals surface area contributed by atoms with E-state index in [9.17, 15) is 9.46 Å². The van der Waals surface area contributed by atoms with Gasteiger partial charge in [-0.15, -0.1) is 0 Å². The molecule has 2 unspecified atom stereocenters. The lowest BCUT2D eigenvalue weighted by molar-refractivity contribution is 0.209. The molecule has 0 spiro atoms. The lowest BCUT2D eigenvalue weighted by atomic mass is 10.0. The fraction of sp³-hybridized carbons (Fsp3) is 0.500. The van der Waals surface area contributed by atoms with Crippen molar-refractivity contribution in [1.29, 1.82) is 0 Å². The van der Waals surface area contributed by atoms with Gasteiger partial charge in [-0.1, -0.05) is 63.4 Å². The number of unbranched alkanes of at least 4 members (excludes halogenated alkanes) is 1. The van der Waals surface area contributed by atoms with Gasteiger partial charge in [0.25, 0.3) is 0 Å². The standard InChI is InChI=1S/C16H25O3P/c1-3-5-9-15(4-2)14-19-20(17,18)13-12-16-10-7-6-8-11-16/h6-8,10-13,15H,3-5,9,14H2,1-2H3,(H,17,18). The van der Waals surface area contributed by atoms with Crippen molar-refractivity contribution < 1.29 is 14.0 Å². The van der Waals surface area contributed by atoms with Gasteiger partial charge in [0.2, 0.25) is 0 Å². The molecular weight excluding hydrogens is 271 g/mol. The van der Waals surface area contributed by atoms with Gasteiger partial charge in [-0.05, 0) is 24.0 Å². The van der Waals surface area contributed by atoms with E-state index in [2.05, 4.69) is 13.8 Å². The van der Waals surface area contributed by atoms with Crippen LogP contribution in [-0.4, -0.2) is 11.5 Å². The van der Waals surface area contributed by atoms with E-state index in [0.29, 0.717) is 12.5 Å². The topological polar surface area (TPSA) is 46.5 Å². The highest BCUT2D eigenvalue weighted by atomic mass is 31.2. The number of rotatable bonds is 9. The van der Waals surface area contributed by atoms with Gasteiger partial charge < -0.3 is 9.42 Å². The van der Waals surface area contributed by atoms with Crippen LogP contribution < -0.4 is 0 Å². The highest BCUT2D eigenvalue weighted by Crippen LogP contribution is 2.44. The summed E-state index contributed by atoms with van der Waals surface area (Å²) in [5.41, 5.74) is 0.892. The second-order valence-electron chi connectivity index (χ2n) is 5.00. The lowest BCUT2D eigenvalue weighted by Gasteiger charge is -2.16. The zero-order valence-electron chi connectivity index (χ0n) is 12.4. The molecule has 112 valence electrons. The molecule has 1 aromatic carbocycles. The van der Waals surface area contributed by atoms with Crippen molar-refractivity contribution in [1.82, 2.24) is 0 Å². The van der Waals surface area contributed by atoms with E-state index < -0.39 is 7.60 Å². The van der Waals surface area contributed by atoms with Crippen molar-refractivity contribution in [3.05, 3.63) is 41.7 Å². The van der Waals surface area contributed by atoms with Gasteiger partial charge in [0, 0.05) is 5.82 Å². The van der Waals surface area contributed by atoms with Crippen molar-refractivity contribution in [2.45, 2.75) is 39.5 Å². The number of hydrogen-bond donors (Lipinski definition) is 1. The molecule has 1 aromatic rings. The van der Waals surface area contributed by atoms with Crippen molar-refractivity contribution in [2.75, 3.05) is 6.61 Å². The van der Waals surface area contributed by atoms with E-state index in [-0.39, 0.29) is 0 Å². The van der Waals surface area contributed by atoms with Gasteiger partial charge in [-0.25, -0.2) is 0 Å². The second kappa shape index (κ2) is 9.12. The van der Waals surface area contributed by atoms with Crippen LogP contribution >= 0.6 is 7.60 Å². The van der Waals surface area contributed by atoms with Crippen LogP contribution in [0.5, 0.6) is 0 Å². The Balaban J connectivity index is 2.48. The molecule has 1 rings (SSSR count). The van der Waals surface area contributed by atoms with Gasteiger partial charge in [0.1, 0.15) is 0 Å². The first-order chi connectivity index (χ1) is 9.57. The van der Waals surface area contributed by atoms with Crippen LogP contribution in [0.2, 0.25) is 0 Å². The molecular formula is C16H25O3P. The summed E-state index contributed by atoms with van der Waals surface area (Å²) in [5.74, 6) is 1.63. The van der Waals surface area contributed by atoms with Crippen LogP contribution in [0.1, 0.15) is 45.1 Å². The molecule has 3 nitrogen and oxygen atoms in total. The summed E-state index contributed by atoms with van der Waals surface area (Å²) in [5, 5.41) is 0. The van der Waals surface area contributed by atoms with Crippen molar-refractivity contribution in [3.8, 4) is 0 Å². The van der Waals surface area contributed by atoms with E-state index in [0.717, 1.165) is 31.2 Å². The largest absolute Gasteiger partial charge is 0.351 e. The predicted octanol–water partition coefficient (Wildman–Crippen LogP) is 5.08. The SMILES string of the molecule is CCCCC(CC)COP(=O)(O)C=Cc1ccccc1. The molecule has 0 aromatic heterocycles. The summed E-state index contributed by atoms with van der Waals surface area (Å²) in [6.07, 6.45) is 5.93. The van der Waals surface area contributed by atoms with Crippen molar-refractivity contribution in [3.63, 3.8) is 0 Å². The van der Waals surface area contributed by atoms with Gasteiger partial charge in [-0.2, -0.15) is 0 Å². The lowest BCUT2D eigenvalue weighted by Crippen LogP contribution is -2.07. The maximum absolute atomic E-state index is 11.9. The quantitative estimate of drug-likeness (QED) is 0.647. The van der Waals surface area contributed by atoms with E-state index >= 15 is 0 Å². The minimum atomic E-state index is -3.64. The molecule has 0 amide bonds. The van der Waals surface area contributed by atoms with Crippen LogP contribution in [0.4, 0.5) is 0 Å². The van der Waals surface area contributed by atoms with E-state index in [4.69, 9.17) is 4.52 Å². The molecule has 1 N–H and O–H groups in total. The Morgan fingerprint density at radius 2 is 2.00 bits per heavy atom. The zero-order chi connectivity index (χ0) is 14.8. The molecule has 4 heteroatoms. The number of hydrogen-bond acceptors (Lipinski definition) is 2. The Bertz CT molecular complexity index is 442. The minimum absolute atomic E-state index is 0.351. The molecule has 2 atom stereocenters. The summed E-state index contributed by atoms with van der Waals surface area (Å²) < 4.78 is 17.2. The second-order valence-corrected chi connectivity index (χ2v) is 6.69. The van der Waals surface area contributed by atoms with E-state index in [1.807, 2.05) is 30.3 Å². The van der Waals surface area contributed by atoms with Gasteiger partial charge in [-0.3, -0.25) is 4.57 Å². The normalized spacial score (nSPS) is 16.1.